The van der Waals surface area contributed by atoms with Gasteiger partial charge < -0.3 is 14.6 Å². The maximum Gasteiger partial charge on any atom is 0.126 e. The Bertz CT molecular complexity index is 661. The largest absolute Gasteiger partial charge is 0.497 e. The molecule has 1 aliphatic heterocycles. The van der Waals surface area contributed by atoms with Crippen LogP contribution in [0.2, 0.25) is 0 Å². The van der Waals surface area contributed by atoms with Gasteiger partial charge >= 0.3 is 0 Å². The molecule has 6 heteroatoms. The number of thiazole rings is 1. The van der Waals surface area contributed by atoms with Gasteiger partial charge in [0.25, 0.3) is 0 Å². The van der Waals surface area contributed by atoms with Crippen molar-refractivity contribution in [2.24, 2.45) is 0 Å². The highest BCUT2D eigenvalue weighted by atomic mass is 32.1. The lowest BCUT2D eigenvalue weighted by Gasteiger charge is -2.22. The van der Waals surface area contributed by atoms with E-state index in [4.69, 9.17) is 9.47 Å². The van der Waals surface area contributed by atoms with Crippen LogP contribution in [0.1, 0.15) is 23.4 Å². The smallest absolute Gasteiger partial charge is 0.126 e. The molecule has 24 heavy (non-hydrogen) atoms. The number of aromatic nitrogens is 1. The molecule has 3 rings (SSSR count). The summed E-state index contributed by atoms with van der Waals surface area (Å²) >= 11 is 1.70. The third kappa shape index (κ3) is 4.26. The summed E-state index contributed by atoms with van der Waals surface area (Å²) in [5, 5.41) is 10.4. The Kier molecular flexibility index (Phi) is 5.71. The van der Waals surface area contributed by atoms with E-state index in [2.05, 4.69) is 9.88 Å². The van der Waals surface area contributed by atoms with Crippen LogP contribution in [0.4, 0.5) is 0 Å². The van der Waals surface area contributed by atoms with Crippen molar-refractivity contribution in [1.82, 2.24) is 9.88 Å². The van der Waals surface area contributed by atoms with E-state index in [1.54, 1.807) is 18.4 Å². The number of hydrogen-bond donors (Lipinski definition) is 1. The van der Waals surface area contributed by atoms with E-state index in [0.717, 1.165) is 43.2 Å². The fourth-order valence-electron chi connectivity index (χ4n) is 2.94. The second kappa shape index (κ2) is 7.96. The first-order valence-electron chi connectivity index (χ1n) is 8.26. The van der Waals surface area contributed by atoms with Crippen molar-refractivity contribution in [3.05, 3.63) is 40.3 Å². The molecule has 2 heterocycles. The van der Waals surface area contributed by atoms with E-state index in [9.17, 15) is 5.11 Å². The van der Waals surface area contributed by atoms with Crippen LogP contribution in [-0.4, -0.2) is 47.4 Å². The van der Waals surface area contributed by atoms with Crippen LogP contribution in [0.15, 0.2) is 29.8 Å². The predicted octanol–water partition coefficient (Wildman–Crippen LogP) is 2.86. The van der Waals surface area contributed by atoms with E-state index < -0.39 is 6.10 Å². The number of benzene rings is 1. The number of likely N-dealkylation sites (tertiary alicyclic amines) is 1. The van der Waals surface area contributed by atoms with Crippen molar-refractivity contribution in [3.63, 3.8) is 0 Å². The number of methoxy groups -OCH3 is 1. The summed E-state index contributed by atoms with van der Waals surface area (Å²) in [6, 6.07) is 7.54. The molecule has 1 aromatic heterocycles. The molecule has 1 aliphatic rings. The summed E-state index contributed by atoms with van der Waals surface area (Å²) < 4.78 is 11.3. The van der Waals surface area contributed by atoms with Crippen LogP contribution < -0.4 is 9.47 Å². The standard InChI is InChI=1S/C18H24N2O3S/c1-13-18(24-12-19-13)11-20-8-6-16(21)17(7-9-20)23-15-5-3-4-14(10-15)22-2/h3-5,10,12,16-17,21H,6-9,11H2,1-2H3/t16-,17-/m0/s1. The second-order valence-electron chi connectivity index (χ2n) is 6.12. The van der Waals surface area contributed by atoms with Crippen LogP contribution >= 0.6 is 11.3 Å². The van der Waals surface area contributed by atoms with E-state index in [1.807, 2.05) is 36.7 Å². The Labute approximate surface area is 146 Å². The molecular weight excluding hydrogens is 324 g/mol. The van der Waals surface area contributed by atoms with Gasteiger partial charge in [0.1, 0.15) is 17.6 Å². The number of nitrogens with zero attached hydrogens (tertiary/aromatic N) is 2. The molecule has 0 unspecified atom stereocenters. The Morgan fingerprint density at radius 3 is 2.83 bits per heavy atom. The van der Waals surface area contributed by atoms with Crippen LogP contribution in [-0.2, 0) is 6.54 Å². The quantitative estimate of drug-likeness (QED) is 0.900. The van der Waals surface area contributed by atoms with Gasteiger partial charge in [-0.05, 0) is 31.9 Å². The lowest BCUT2D eigenvalue weighted by atomic mass is 10.1. The molecule has 1 fully saturated rings. The number of aliphatic hydroxyl groups is 1. The molecule has 2 aromatic rings. The Morgan fingerprint density at radius 2 is 2.08 bits per heavy atom. The molecule has 1 aromatic carbocycles. The summed E-state index contributed by atoms with van der Waals surface area (Å²) in [5.41, 5.74) is 3.00. The van der Waals surface area contributed by atoms with Gasteiger partial charge in [-0.2, -0.15) is 0 Å². The van der Waals surface area contributed by atoms with Crippen LogP contribution in [0.3, 0.4) is 0 Å². The average molecular weight is 348 g/mol. The highest BCUT2D eigenvalue weighted by molar-refractivity contribution is 7.09. The van der Waals surface area contributed by atoms with Crippen molar-refractivity contribution in [2.45, 2.75) is 38.5 Å². The van der Waals surface area contributed by atoms with Gasteiger partial charge in [0.2, 0.25) is 0 Å². The zero-order chi connectivity index (χ0) is 16.9. The first kappa shape index (κ1) is 17.2. The number of aryl methyl sites for hydroxylation is 1. The van der Waals surface area contributed by atoms with Gasteiger partial charge in [0, 0.05) is 30.6 Å². The average Bonchev–Trinajstić information content (AvgIpc) is 2.92. The summed E-state index contributed by atoms with van der Waals surface area (Å²) in [4.78, 5) is 7.99. The van der Waals surface area contributed by atoms with Gasteiger partial charge in [-0.25, -0.2) is 4.98 Å². The second-order valence-corrected chi connectivity index (χ2v) is 7.06. The first-order valence-corrected chi connectivity index (χ1v) is 9.14. The molecule has 1 saturated heterocycles. The van der Waals surface area contributed by atoms with E-state index >= 15 is 0 Å². The minimum atomic E-state index is -0.455. The third-order valence-corrected chi connectivity index (χ3v) is 5.36. The topological polar surface area (TPSA) is 54.8 Å². The Balaban J connectivity index is 1.60. The van der Waals surface area contributed by atoms with Crippen molar-refractivity contribution in [2.75, 3.05) is 20.2 Å². The molecular formula is C18H24N2O3S. The summed E-state index contributed by atoms with van der Waals surface area (Å²) in [5.74, 6) is 1.50. The number of aliphatic hydroxyl groups excluding tert-OH is 1. The lowest BCUT2D eigenvalue weighted by molar-refractivity contribution is 0.0349. The maximum atomic E-state index is 10.4. The minimum Gasteiger partial charge on any atom is -0.497 e. The maximum absolute atomic E-state index is 10.4. The van der Waals surface area contributed by atoms with Gasteiger partial charge in [0.15, 0.2) is 0 Å². The van der Waals surface area contributed by atoms with Gasteiger partial charge in [-0.3, -0.25) is 4.90 Å². The first-order chi connectivity index (χ1) is 11.7. The van der Waals surface area contributed by atoms with Crippen molar-refractivity contribution in [3.8, 4) is 11.5 Å². The SMILES string of the molecule is COc1cccc(O[C@H]2CCN(Cc3scnc3C)CC[C@@H]2O)c1. The summed E-state index contributed by atoms with van der Waals surface area (Å²) in [6.07, 6.45) is 0.872. The Hall–Kier alpha value is -1.63. The fourth-order valence-corrected chi connectivity index (χ4v) is 3.76. The molecule has 0 amide bonds. The molecule has 5 nitrogen and oxygen atoms in total. The lowest BCUT2D eigenvalue weighted by Crippen LogP contribution is -2.31. The molecule has 0 bridgehead atoms. The predicted molar refractivity (Wildman–Crippen MR) is 94.8 cm³/mol. The third-order valence-electron chi connectivity index (χ3n) is 4.44. The summed E-state index contributed by atoms with van der Waals surface area (Å²) in [7, 11) is 1.64. The Morgan fingerprint density at radius 1 is 1.29 bits per heavy atom. The number of hydrogen-bond acceptors (Lipinski definition) is 6. The van der Waals surface area contributed by atoms with Crippen LogP contribution in [0, 0.1) is 6.92 Å². The molecule has 2 atom stereocenters. The molecule has 0 saturated carbocycles. The monoisotopic (exact) mass is 348 g/mol. The molecule has 0 aliphatic carbocycles. The van der Waals surface area contributed by atoms with E-state index in [0.29, 0.717) is 6.42 Å². The van der Waals surface area contributed by atoms with E-state index in [1.165, 1.54) is 4.88 Å². The molecule has 130 valence electrons. The number of ether oxygens (including phenoxy) is 2. The van der Waals surface area contributed by atoms with Gasteiger partial charge in [-0.15, -0.1) is 11.3 Å². The zero-order valence-electron chi connectivity index (χ0n) is 14.1. The normalized spacial score (nSPS) is 22.1. The van der Waals surface area contributed by atoms with Crippen molar-refractivity contribution < 1.29 is 14.6 Å². The number of rotatable bonds is 5. The van der Waals surface area contributed by atoms with Gasteiger partial charge in [-0.1, -0.05) is 6.07 Å². The van der Waals surface area contributed by atoms with Crippen molar-refractivity contribution in [1.29, 1.82) is 0 Å². The minimum absolute atomic E-state index is 0.190. The van der Waals surface area contributed by atoms with Gasteiger partial charge in [0.05, 0.1) is 24.4 Å². The summed E-state index contributed by atoms with van der Waals surface area (Å²) in [6.45, 7) is 4.72. The fraction of sp³-hybridized carbons (Fsp3) is 0.500. The van der Waals surface area contributed by atoms with Crippen LogP contribution in [0.5, 0.6) is 11.5 Å². The molecule has 0 radical (unpaired) electrons. The molecule has 0 spiro atoms. The van der Waals surface area contributed by atoms with E-state index in [-0.39, 0.29) is 6.10 Å². The molecule has 1 N–H and O–H groups in total. The van der Waals surface area contributed by atoms with Crippen LogP contribution in [0.25, 0.3) is 0 Å². The zero-order valence-corrected chi connectivity index (χ0v) is 15.0. The van der Waals surface area contributed by atoms with Crippen molar-refractivity contribution >= 4 is 11.3 Å². The highest BCUT2D eigenvalue weighted by Crippen LogP contribution is 2.24. The highest BCUT2D eigenvalue weighted by Gasteiger charge is 2.27.